The van der Waals surface area contributed by atoms with E-state index in [4.69, 9.17) is 20.4 Å². The zero-order chi connectivity index (χ0) is 46.2. The smallest absolute Gasteiger partial charge is 0.0774 e. The molecule has 0 aliphatic heterocycles. The summed E-state index contributed by atoms with van der Waals surface area (Å²) >= 11 is 0. The summed E-state index contributed by atoms with van der Waals surface area (Å²) in [6, 6.07) is 58.8. The summed E-state index contributed by atoms with van der Waals surface area (Å²) in [5.41, 5.74) is 12.3. The fourth-order valence-corrected chi connectivity index (χ4v) is 7.16. The maximum Gasteiger partial charge on any atom is 0.0774 e. The summed E-state index contributed by atoms with van der Waals surface area (Å²) in [5, 5.41) is 0.818. The van der Waals surface area contributed by atoms with Gasteiger partial charge in [-0.25, -0.2) is 0 Å². The minimum Gasteiger partial charge on any atom is -0.557 e. The van der Waals surface area contributed by atoms with Crippen molar-refractivity contribution in [1.82, 2.24) is 14.5 Å². The number of hydrogen-bond donors (Lipinski definition) is 0. The number of pyridine rings is 1. The van der Waals surface area contributed by atoms with Crippen molar-refractivity contribution in [2.75, 3.05) is 0 Å². The maximum absolute atomic E-state index is 8.90. The number of aryl methyl sites for hydroxylation is 3. The van der Waals surface area contributed by atoms with E-state index >= 15 is 0 Å². The molecule has 0 aliphatic carbocycles. The monoisotopic (exact) mass is 948 g/mol. The molecule has 0 N–H and O–H groups in total. The zero-order valence-corrected chi connectivity index (χ0v) is 34.3. The van der Waals surface area contributed by atoms with Crippen LogP contribution in [0.25, 0.3) is 72.6 Å². The number of hydrogen-bond acceptors (Lipinski definition) is 3. The van der Waals surface area contributed by atoms with Crippen LogP contribution in [0.4, 0.5) is 0 Å². The van der Waals surface area contributed by atoms with Crippen LogP contribution in [0.15, 0.2) is 187 Å². The van der Waals surface area contributed by atoms with Crippen molar-refractivity contribution in [2.45, 2.75) is 27.0 Å². The van der Waals surface area contributed by atoms with Gasteiger partial charge in [0.25, 0.3) is 0 Å². The SMILES string of the molecule is [2H]C([2H])([2H])c1c[c-]c(-c2ccc(C([2H])([2H])[2H])cn2)cc1.[2H]C([2H])(c1ccccc1)c1ccc2c(-c3nc4ccccc4n3-c3c(-c4ccccc4)cc(C)cc3-c3ccccc3)[c-]oc2c1.[Ir]. The molecule has 0 saturated carbocycles. The van der Waals surface area contributed by atoms with Crippen LogP contribution < -0.4 is 0 Å². The minimum absolute atomic E-state index is 0. The van der Waals surface area contributed by atoms with Crippen LogP contribution in [0.5, 0.6) is 0 Å². The number of benzene rings is 7. The third-order valence-corrected chi connectivity index (χ3v) is 9.86. The first-order valence-corrected chi connectivity index (χ1v) is 18.9. The van der Waals surface area contributed by atoms with Crippen LogP contribution >= 0.6 is 0 Å². The number of furan rings is 1. The molecule has 0 bridgehead atoms. The van der Waals surface area contributed by atoms with Crippen LogP contribution in [-0.4, -0.2) is 14.5 Å². The fraction of sp³-hybridized carbons (Fsp3) is 0.0741. The van der Waals surface area contributed by atoms with Crippen molar-refractivity contribution in [2.24, 2.45) is 0 Å². The van der Waals surface area contributed by atoms with Gasteiger partial charge in [-0.2, -0.15) is 0 Å². The van der Waals surface area contributed by atoms with Crippen LogP contribution in [0, 0.1) is 33.0 Å². The molecule has 0 saturated heterocycles. The number of nitrogens with zero attached hydrogens (tertiary/aromatic N) is 3. The summed E-state index contributed by atoms with van der Waals surface area (Å²) < 4.78 is 69.7. The molecule has 10 aromatic rings. The summed E-state index contributed by atoms with van der Waals surface area (Å²) in [6.45, 7) is -2.20. The molecule has 3 aromatic heterocycles. The maximum atomic E-state index is 8.90. The number of aromatic nitrogens is 3. The Morgan fingerprint density at radius 2 is 1.32 bits per heavy atom. The predicted octanol–water partition coefficient (Wildman–Crippen LogP) is 13.6. The molecule has 1 radical (unpaired) electrons. The average Bonchev–Trinajstić information content (AvgIpc) is 3.93. The van der Waals surface area contributed by atoms with Crippen LogP contribution in [-0.2, 0) is 26.5 Å². The Morgan fingerprint density at radius 3 is 1.97 bits per heavy atom. The molecule has 7 aromatic carbocycles. The molecular formula is C54H41IrN3O-2. The van der Waals surface area contributed by atoms with E-state index in [1.54, 1.807) is 18.2 Å². The van der Waals surface area contributed by atoms with E-state index in [1.807, 2.05) is 72.8 Å². The van der Waals surface area contributed by atoms with E-state index in [0.29, 0.717) is 33.8 Å². The minimum atomic E-state index is -2.18. The molecule has 0 aliphatic rings. The number of fused-ring (bicyclic) bond motifs is 2. The molecule has 0 atom stereocenters. The zero-order valence-electron chi connectivity index (χ0n) is 39.9. The topological polar surface area (TPSA) is 43.9 Å². The predicted molar refractivity (Wildman–Crippen MR) is 238 cm³/mol. The second-order valence-electron chi connectivity index (χ2n) is 13.9. The number of rotatable bonds is 7. The molecule has 10 rings (SSSR count). The van der Waals surface area contributed by atoms with Gasteiger partial charge < -0.3 is 14.0 Å². The Hall–Kier alpha value is -6.65. The molecule has 0 unspecified atom stereocenters. The Kier molecular flexibility index (Phi) is 9.00. The van der Waals surface area contributed by atoms with Gasteiger partial charge in [-0.05, 0) is 77.9 Å². The van der Waals surface area contributed by atoms with E-state index in [-0.39, 0.29) is 31.2 Å². The average molecular weight is 948 g/mol. The molecule has 0 fully saturated rings. The van der Waals surface area contributed by atoms with Crippen molar-refractivity contribution >= 4 is 22.0 Å². The Morgan fingerprint density at radius 1 is 0.661 bits per heavy atom. The second-order valence-corrected chi connectivity index (χ2v) is 13.9. The Labute approximate surface area is 370 Å². The second kappa shape index (κ2) is 17.5. The van der Waals surface area contributed by atoms with Crippen molar-refractivity contribution in [3.63, 3.8) is 0 Å². The van der Waals surface area contributed by atoms with Gasteiger partial charge >= 0.3 is 0 Å². The molecule has 0 amide bonds. The van der Waals surface area contributed by atoms with Crippen LogP contribution in [0.2, 0.25) is 0 Å². The van der Waals surface area contributed by atoms with Crippen LogP contribution in [0.3, 0.4) is 0 Å². The van der Waals surface area contributed by atoms with Gasteiger partial charge in [-0.1, -0.05) is 151 Å². The standard InChI is InChI=1S/C41H29N2O.C13H12N.Ir/c1-28-23-34(31-15-7-3-8-16-31)40(35(24-28)32-17-9-4-10-18-32)43-38-20-12-11-19-37(38)42-41(43)36-27-44-39-26-30(21-22-33(36)39)25-29-13-5-2-6-14-29;1-10-3-6-12(7-4-10)13-8-5-11(2)9-14-13;/h2-24,26H,25H2,1H3;3-6,8-9H,1-2H3;/q2*-1;/i25D2;1D3,2D3;. The van der Waals surface area contributed by atoms with E-state index in [1.165, 1.54) is 24.4 Å². The van der Waals surface area contributed by atoms with Crippen molar-refractivity contribution in [3.05, 3.63) is 222 Å². The normalized spacial score (nSPS) is 13.6. The van der Waals surface area contributed by atoms with E-state index < -0.39 is 20.1 Å². The van der Waals surface area contributed by atoms with Crippen LogP contribution in [0.1, 0.15) is 38.8 Å². The quantitative estimate of drug-likeness (QED) is 0.150. The van der Waals surface area contributed by atoms with E-state index in [0.717, 1.165) is 55.5 Å². The third kappa shape index (κ3) is 8.35. The first kappa shape index (κ1) is 30.4. The van der Waals surface area contributed by atoms with E-state index in [9.17, 15) is 0 Å². The van der Waals surface area contributed by atoms with Gasteiger partial charge in [0.05, 0.1) is 22.5 Å². The van der Waals surface area contributed by atoms with Crippen molar-refractivity contribution in [1.29, 1.82) is 0 Å². The van der Waals surface area contributed by atoms with Gasteiger partial charge in [0, 0.05) is 60.2 Å². The molecule has 3 heterocycles. The Bertz CT molecular complexity index is 3180. The summed E-state index contributed by atoms with van der Waals surface area (Å²) in [5.74, 6) is 0.706. The fourth-order valence-electron chi connectivity index (χ4n) is 7.16. The molecule has 4 nitrogen and oxygen atoms in total. The number of imidazole rings is 1. The van der Waals surface area contributed by atoms with Crippen molar-refractivity contribution in [3.8, 4) is 50.6 Å². The van der Waals surface area contributed by atoms with Gasteiger partial charge in [-0.15, -0.1) is 41.5 Å². The number of para-hydroxylation sites is 2. The molecule has 5 heteroatoms. The largest absolute Gasteiger partial charge is 0.557 e. The summed E-state index contributed by atoms with van der Waals surface area (Å²) in [7, 11) is 0. The molecule has 289 valence electrons. The van der Waals surface area contributed by atoms with Gasteiger partial charge in [0.2, 0.25) is 0 Å². The molecule has 59 heavy (non-hydrogen) atoms. The van der Waals surface area contributed by atoms with Gasteiger partial charge in [0.15, 0.2) is 0 Å². The molecule has 0 spiro atoms. The van der Waals surface area contributed by atoms with Crippen molar-refractivity contribution < 1.29 is 35.5 Å². The van der Waals surface area contributed by atoms with Gasteiger partial charge in [-0.3, -0.25) is 4.98 Å². The first-order valence-electron chi connectivity index (χ1n) is 22.9. The van der Waals surface area contributed by atoms with E-state index in [2.05, 4.69) is 95.5 Å². The Balaban J connectivity index is 0.000000244. The summed E-state index contributed by atoms with van der Waals surface area (Å²) in [4.78, 5) is 9.27. The van der Waals surface area contributed by atoms with Gasteiger partial charge in [0.1, 0.15) is 0 Å². The third-order valence-electron chi connectivity index (χ3n) is 9.86. The first-order chi connectivity index (χ1) is 31.7. The molecular weight excluding hydrogens is 899 g/mol. The summed E-state index contributed by atoms with van der Waals surface area (Å²) in [6.07, 6.45) is 2.78.